The van der Waals surface area contributed by atoms with Crippen LogP contribution >= 0.6 is 0 Å². The van der Waals surface area contributed by atoms with Crippen molar-refractivity contribution >= 4 is 34.5 Å². The number of para-hydroxylation sites is 1. The van der Waals surface area contributed by atoms with Crippen LogP contribution in [0.4, 0.5) is 11.5 Å². The van der Waals surface area contributed by atoms with Crippen molar-refractivity contribution in [3.8, 4) is 5.75 Å². The Bertz CT molecular complexity index is 1160. The zero-order chi connectivity index (χ0) is 19.9. The lowest BCUT2D eigenvalue weighted by Crippen LogP contribution is -2.00. The predicted octanol–water partition coefficient (Wildman–Crippen LogP) is 4.38. The fraction of sp³-hybridized carbons (Fsp3) is 0.0435. The Labute approximate surface area is 168 Å². The summed E-state index contributed by atoms with van der Waals surface area (Å²) in [6, 6.07) is 13.3. The largest absolute Gasteiger partial charge is 0.490 e. The van der Waals surface area contributed by atoms with E-state index in [1.165, 1.54) is 12.4 Å². The Morgan fingerprint density at radius 1 is 0.966 bits per heavy atom. The van der Waals surface area contributed by atoms with E-state index in [9.17, 15) is 4.79 Å². The fourth-order valence-electron chi connectivity index (χ4n) is 2.80. The maximum absolute atomic E-state index is 12.0. The second-order valence-electron chi connectivity index (χ2n) is 6.19. The van der Waals surface area contributed by atoms with Gasteiger partial charge >= 0.3 is 0 Å². The van der Waals surface area contributed by atoms with Crippen LogP contribution in [0, 0.1) is 0 Å². The van der Waals surface area contributed by atoms with E-state index in [0.29, 0.717) is 12.4 Å². The van der Waals surface area contributed by atoms with Gasteiger partial charge in [-0.25, -0.2) is 15.0 Å². The van der Waals surface area contributed by atoms with Gasteiger partial charge in [0.25, 0.3) is 5.91 Å². The number of nitrogens with one attached hydrogen (secondary N) is 1. The molecule has 6 nitrogen and oxygen atoms in total. The molecule has 0 unspecified atom stereocenters. The third-order valence-corrected chi connectivity index (χ3v) is 4.21. The summed E-state index contributed by atoms with van der Waals surface area (Å²) in [5, 5.41) is 4.16. The number of fused-ring (bicyclic) bond motifs is 2. The van der Waals surface area contributed by atoms with Gasteiger partial charge in [0, 0.05) is 28.9 Å². The first-order valence-electron chi connectivity index (χ1n) is 9.11. The number of carbonyl (C=O) groups is 1. The zero-order valence-corrected chi connectivity index (χ0v) is 15.5. The Kier molecular flexibility index (Phi) is 5.53. The molecule has 1 aliphatic heterocycles. The Hall–Kier alpha value is -4.06. The Morgan fingerprint density at radius 2 is 1.86 bits per heavy atom. The third kappa shape index (κ3) is 4.62. The lowest BCUT2D eigenvalue weighted by Gasteiger charge is -2.11. The maximum Gasteiger partial charge on any atom is 0.269 e. The van der Waals surface area contributed by atoms with Crippen LogP contribution in [-0.4, -0.2) is 28.7 Å². The number of ether oxygens (including phenoxy) is 1. The number of amides is 1. The molecule has 1 N–H and O–H groups in total. The van der Waals surface area contributed by atoms with Gasteiger partial charge in [-0.2, -0.15) is 0 Å². The highest BCUT2D eigenvalue weighted by Crippen LogP contribution is 2.27. The van der Waals surface area contributed by atoms with Crippen molar-refractivity contribution in [2.45, 2.75) is 0 Å². The first-order chi connectivity index (χ1) is 14.3. The Morgan fingerprint density at radius 3 is 2.83 bits per heavy atom. The van der Waals surface area contributed by atoms with Crippen LogP contribution in [0.15, 0.2) is 90.2 Å². The number of carbonyl (C=O) groups excluding carboxylic acids is 1. The predicted molar refractivity (Wildman–Crippen MR) is 115 cm³/mol. The van der Waals surface area contributed by atoms with Crippen molar-refractivity contribution in [3.05, 3.63) is 90.8 Å². The van der Waals surface area contributed by atoms with E-state index in [-0.39, 0.29) is 5.91 Å². The van der Waals surface area contributed by atoms with Crippen LogP contribution in [0.25, 0.3) is 10.9 Å². The molecular formula is C23H18N4O2. The summed E-state index contributed by atoms with van der Waals surface area (Å²) in [6.07, 6.45) is 13.4. The van der Waals surface area contributed by atoms with Gasteiger partial charge in [0.1, 0.15) is 24.5 Å². The highest BCUT2D eigenvalue weighted by Gasteiger charge is 2.08. The summed E-state index contributed by atoms with van der Waals surface area (Å²) in [5.74, 6) is 1.03. The van der Waals surface area contributed by atoms with E-state index in [2.05, 4.69) is 20.3 Å². The summed E-state index contributed by atoms with van der Waals surface area (Å²) >= 11 is 0. The molecule has 0 saturated carbocycles. The highest BCUT2D eigenvalue weighted by atomic mass is 16.5. The molecule has 0 aliphatic carbocycles. The summed E-state index contributed by atoms with van der Waals surface area (Å²) in [5.41, 5.74) is 2.35. The van der Waals surface area contributed by atoms with Gasteiger partial charge in [-0.15, -0.1) is 0 Å². The molecule has 0 fully saturated rings. The lowest BCUT2D eigenvalue weighted by atomic mass is 10.1. The minimum absolute atomic E-state index is 0.338. The van der Waals surface area contributed by atoms with E-state index in [1.807, 2.05) is 60.7 Å². The molecule has 0 spiro atoms. The number of allylic oxidation sites excluding steroid dienone is 4. The second kappa shape index (κ2) is 8.75. The maximum atomic E-state index is 12.0. The molecule has 2 aromatic carbocycles. The van der Waals surface area contributed by atoms with Crippen molar-refractivity contribution in [3.63, 3.8) is 0 Å². The average Bonchev–Trinajstić information content (AvgIpc) is 2.74. The second-order valence-corrected chi connectivity index (χ2v) is 6.19. The lowest BCUT2D eigenvalue weighted by molar-refractivity contribution is -0.113. The number of hydrogen-bond acceptors (Lipinski definition) is 5. The molecule has 4 rings (SSSR count). The molecule has 1 aliphatic rings. The first-order valence-corrected chi connectivity index (χ1v) is 9.11. The number of nitrogens with zero attached hydrogens (tertiary/aromatic N) is 3. The number of hydrogen-bond donors (Lipinski definition) is 1. The molecule has 0 radical (unpaired) electrons. The SMILES string of the molecule is O=C1/C=C/C=C/C=C\COc2ccc3ncnc(c3c2)Nc2ccccc2C=N1. The topological polar surface area (TPSA) is 76.5 Å². The summed E-state index contributed by atoms with van der Waals surface area (Å²) in [4.78, 5) is 24.7. The van der Waals surface area contributed by atoms with Crippen LogP contribution in [0.2, 0.25) is 0 Å². The quantitative estimate of drug-likeness (QED) is 0.624. The molecule has 1 amide bonds. The Balaban J connectivity index is 1.79. The van der Waals surface area contributed by atoms with Crippen LogP contribution in [0.1, 0.15) is 5.56 Å². The summed E-state index contributed by atoms with van der Waals surface area (Å²) < 4.78 is 5.80. The van der Waals surface area contributed by atoms with E-state index < -0.39 is 0 Å². The molecule has 142 valence electrons. The molecule has 2 heterocycles. The van der Waals surface area contributed by atoms with Gasteiger partial charge in [0.2, 0.25) is 0 Å². The number of aliphatic imine (C=N–C) groups is 1. The normalized spacial score (nSPS) is 17.4. The van der Waals surface area contributed by atoms with Gasteiger partial charge in [0.05, 0.1) is 5.52 Å². The van der Waals surface area contributed by atoms with Crippen LogP contribution < -0.4 is 10.1 Å². The number of benzene rings is 2. The van der Waals surface area contributed by atoms with Crippen molar-refractivity contribution in [2.75, 3.05) is 11.9 Å². The van der Waals surface area contributed by atoms with E-state index >= 15 is 0 Å². The van der Waals surface area contributed by atoms with Crippen molar-refractivity contribution in [1.29, 1.82) is 0 Å². The molecular weight excluding hydrogens is 364 g/mol. The molecule has 0 saturated heterocycles. The standard InChI is InChI=1S/C23H18N4O2/c28-22-10-4-2-1-3-7-13-29-18-11-12-21-19(14-18)23(26-16-25-21)27-20-9-6-5-8-17(20)15-24-22/h1-12,14-16H,13H2,(H,25,26,27)/b2-1+,7-3-,10-4+,24-15?. The van der Waals surface area contributed by atoms with E-state index in [1.54, 1.807) is 18.4 Å². The molecule has 1 aromatic heterocycles. The van der Waals surface area contributed by atoms with Gasteiger partial charge in [-0.3, -0.25) is 4.79 Å². The monoisotopic (exact) mass is 382 g/mol. The number of rotatable bonds is 0. The minimum Gasteiger partial charge on any atom is -0.490 e. The van der Waals surface area contributed by atoms with Gasteiger partial charge < -0.3 is 10.1 Å². The average molecular weight is 382 g/mol. The van der Waals surface area contributed by atoms with Gasteiger partial charge in [0.15, 0.2) is 0 Å². The number of aromatic nitrogens is 2. The molecule has 2 bridgehead atoms. The van der Waals surface area contributed by atoms with Crippen LogP contribution in [-0.2, 0) is 4.79 Å². The van der Waals surface area contributed by atoms with E-state index in [4.69, 9.17) is 4.74 Å². The van der Waals surface area contributed by atoms with Gasteiger partial charge in [-0.05, 0) is 30.3 Å². The summed E-state index contributed by atoms with van der Waals surface area (Å²) in [6.45, 7) is 0.419. The van der Waals surface area contributed by atoms with Crippen LogP contribution in [0.5, 0.6) is 5.75 Å². The zero-order valence-electron chi connectivity index (χ0n) is 15.5. The van der Waals surface area contributed by atoms with Gasteiger partial charge in [-0.1, -0.05) is 42.5 Å². The molecule has 0 atom stereocenters. The third-order valence-electron chi connectivity index (χ3n) is 4.21. The fourth-order valence-corrected chi connectivity index (χ4v) is 2.80. The number of anilines is 2. The summed E-state index contributed by atoms with van der Waals surface area (Å²) in [7, 11) is 0. The van der Waals surface area contributed by atoms with Crippen LogP contribution in [0.3, 0.4) is 0 Å². The van der Waals surface area contributed by atoms with Crippen molar-refractivity contribution in [1.82, 2.24) is 9.97 Å². The molecule has 3 aromatic rings. The molecule has 29 heavy (non-hydrogen) atoms. The highest BCUT2D eigenvalue weighted by molar-refractivity contribution is 6.01. The van der Waals surface area contributed by atoms with Crippen molar-refractivity contribution < 1.29 is 9.53 Å². The minimum atomic E-state index is -0.338. The van der Waals surface area contributed by atoms with E-state index in [0.717, 1.165) is 27.9 Å². The smallest absolute Gasteiger partial charge is 0.269 e. The first kappa shape index (κ1) is 18.3. The van der Waals surface area contributed by atoms with Crippen molar-refractivity contribution in [2.24, 2.45) is 4.99 Å². The molecule has 6 heteroatoms.